The van der Waals surface area contributed by atoms with Crippen molar-refractivity contribution in [2.45, 2.75) is 19.8 Å². The first-order chi connectivity index (χ1) is 11.2. The molecule has 5 nitrogen and oxygen atoms in total. The van der Waals surface area contributed by atoms with Gasteiger partial charge in [-0.2, -0.15) is 5.10 Å². The molecule has 23 heavy (non-hydrogen) atoms. The number of nitrogen functional groups attached to an aromatic ring is 1. The Hall–Kier alpha value is -2.82. The number of rotatable bonds is 7. The minimum absolute atomic E-state index is 0.281. The number of benzene rings is 2. The lowest BCUT2D eigenvalue weighted by Crippen LogP contribution is -2.17. The van der Waals surface area contributed by atoms with Crippen LogP contribution in [0.15, 0.2) is 53.6 Å². The third-order valence-corrected chi connectivity index (χ3v) is 3.18. The highest BCUT2D eigenvalue weighted by Gasteiger charge is 2.02. The first-order valence-electron chi connectivity index (χ1n) is 7.61. The number of nitrogens with zero attached hydrogens (tertiary/aromatic N) is 1. The number of amides is 1. The Labute approximate surface area is 136 Å². The molecule has 2 aromatic rings. The van der Waals surface area contributed by atoms with Crippen LogP contribution in [-0.2, 0) is 0 Å². The number of unbranched alkanes of at least 4 members (excludes halogenated alkanes) is 1. The monoisotopic (exact) mass is 311 g/mol. The summed E-state index contributed by atoms with van der Waals surface area (Å²) in [5.41, 5.74) is 10.1. The van der Waals surface area contributed by atoms with Crippen LogP contribution in [0.2, 0.25) is 0 Å². The number of carbonyl (C=O) groups is 1. The summed E-state index contributed by atoms with van der Waals surface area (Å²) in [6.45, 7) is 2.82. The lowest BCUT2D eigenvalue weighted by Gasteiger charge is -2.05. The Balaban J connectivity index is 1.91. The van der Waals surface area contributed by atoms with Crippen molar-refractivity contribution in [1.82, 2.24) is 5.43 Å². The summed E-state index contributed by atoms with van der Waals surface area (Å²) in [6, 6.07) is 14.2. The van der Waals surface area contributed by atoms with E-state index in [1.807, 2.05) is 24.3 Å². The summed E-state index contributed by atoms with van der Waals surface area (Å²) in [7, 11) is 0. The smallest absolute Gasteiger partial charge is 0.271 e. The molecule has 5 heteroatoms. The van der Waals surface area contributed by atoms with Gasteiger partial charge in [0.1, 0.15) is 5.75 Å². The molecular formula is C18H21N3O2. The van der Waals surface area contributed by atoms with Crippen LogP contribution in [0, 0.1) is 0 Å². The fourth-order valence-electron chi connectivity index (χ4n) is 1.88. The van der Waals surface area contributed by atoms with Crippen molar-refractivity contribution in [1.29, 1.82) is 0 Å². The summed E-state index contributed by atoms with van der Waals surface area (Å²) < 4.78 is 5.63. The first kappa shape index (κ1) is 16.5. The third-order valence-electron chi connectivity index (χ3n) is 3.18. The van der Waals surface area contributed by atoms with E-state index in [1.165, 1.54) is 0 Å². The molecule has 0 unspecified atom stereocenters. The minimum atomic E-state index is -0.281. The lowest BCUT2D eigenvalue weighted by molar-refractivity contribution is 0.0955. The summed E-state index contributed by atoms with van der Waals surface area (Å²) in [5.74, 6) is 0.517. The average Bonchev–Trinajstić information content (AvgIpc) is 2.56. The van der Waals surface area contributed by atoms with E-state index in [0.717, 1.165) is 24.2 Å². The van der Waals surface area contributed by atoms with Crippen LogP contribution in [0.3, 0.4) is 0 Å². The Kier molecular flexibility index (Phi) is 6.17. The van der Waals surface area contributed by atoms with E-state index in [-0.39, 0.29) is 5.91 Å². The van der Waals surface area contributed by atoms with Gasteiger partial charge in [-0.15, -0.1) is 0 Å². The van der Waals surface area contributed by atoms with Gasteiger partial charge in [-0.25, -0.2) is 5.43 Å². The maximum Gasteiger partial charge on any atom is 0.271 e. The molecule has 120 valence electrons. The highest BCUT2D eigenvalue weighted by molar-refractivity contribution is 5.95. The predicted octanol–water partition coefficient (Wildman–Crippen LogP) is 3.21. The zero-order chi connectivity index (χ0) is 16.5. The zero-order valence-electron chi connectivity index (χ0n) is 13.2. The molecule has 0 saturated heterocycles. The number of ether oxygens (including phenoxy) is 1. The van der Waals surface area contributed by atoms with E-state index < -0.39 is 0 Å². The van der Waals surface area contributed by atoms with Crippen molar-refractivity contribution < 1.29 is 9.53 Å². The van der Waals surface area contributed by atoms with Gasteiger partial charge in [0.2, 0.25) is 0 Å². The topological polar surface area (TPSA) is 76.7 Å². The number of nitrogens with two attached hydrogens (primary N) is 1. The molecule has 0 spiro atoms. The number of nitrogens with one attached hydrogen (secondary N) is 1. The van der Waals surface area contributed by atoms with Gasteiger partial charge in [0.25, 0.3) is 5.91 Å². The fraction of sp³-hybridized carbons (Fsp3) is 0.222. The van der Waals surface area contributed by atoms with Gasteiger partial charge in [-0.3, -0.25) is 4.79 Å². The van der Waals surface area contributed by atoms with Gasteiger partial charge in [-0.1, -0.05) is 25.5 Å². The number of anilines is 1. The third kappa shape index (κ3) is 5.47. The van der Waals surface area contributed by atoms with Crippen molar-refractivity contribution in [3.8, 4) is 5.75 Å². The van der Waals surface area contributed by atoms with Crippen molar-refractivity contribution in [3.63, 3.8) is 0 Å². The Morgan fingerprint density at radius 1 is 1.26 bits per heavy atom. The van der Waals surface area contributed by atoms with Crippen LogP contribution in [-0.4, -0.2) is 18.7 Å². The summed E-state index contributed by atoms with van der Waals surface area (Å²) in [5, 5.41) is 3.97. The lowest BCUT2D eigenvalue weighted by atomic mass is 10.2. The molecule has 0 bridgehead atoms. The van der Waals surface area contributed by atoms with E-state index >= 15 is 0 Å². The molecule has 0 saturated carbocycles. The SMILES string of the molecule is CCCCOc1cccc(/C=N\NC(=O)c2ccc(N)cc2)c1. The second kappa shape index (κ2) is 8.58. The van der Waals surface area contributed by atoms with Crippen LogP contribution in [0.5, 0.6) is 5.75 Å². The van der Waals surface area contributed by atoms with Crippen LogP contribution < -0.4 is 15.9 Å². The number of hydrogen-bond acceptors (Lipinski definition) is 4. The van der Waals surface area contributed by atoms with Gasteiger partial charge in [0, 0.05) is 11.3 Å². The molecule has 0 atom stereocenters. The van der Waals surface area contributed by atoms with Crippen LogP contribution in [0.1, 0.15) is 35.7 Å². The van der Waals surface area contributed by atoms with Gasteiger partial charge >= 0.3 is 0 Å². The highest BCUT2D eigenvalue weighted by atomic mass is 16.5. The second-order valence-electron chi connectivity index (χ2n) is 5.10. The second-order valence-corrected chi connectivity index (χ2v) is 5.10. The average molecular weight is 311 g/mol. The van der Waals surface area contributed by atoms with E-state index in [2.05, 4.69) is 17.5 Å². The minimum Gasteiger partial charge on any atom is -0.494 e. The summed E-state index contributed by atoms with van der Waals surface area (Å²) in [4.78, 5) is 11.9. The molecule has 0 fully saturated rings. The fourth-order valence-corrected chi connectivity index (χ4v) is 1.88. The Morgan fingerprint density at radius 2 is 2.04 bits per heavy atom. The number of carbonyl (C=O) groups excluding carboxylic acids is 1. The quantitative estimate of drug-likeness (QED) is 0.357. The largest absolute Gasteiger partial charge is 0.494 e. The van der Waals surface area contributed by atoms with Crippen molar-refractivity contribution >= 4 is 17.8 Å². The molecule has 0 aliphatic heterocycles. The van der Waals surface area contributed by atoms with E-state index in [1.54, 1.807) is 30.5 Å². The van der Waals surface area contributed by atoms with E-state index in [9.17, 15) is 4.79 Å². The van der Waals surface area contributed by atoms with Gasteiger partial charge < -0.3 is 10.5 Å². The molecule has 0 radical (unpaired) electrons. The highest BCUT2D eigenvalue weighted by Crippen LogP contribution is 2.12. The van der Waals surface area contributed by atoms with E-state index in [4.69, 9.17) is 10.5 Å². The molecule has 0 aliphatic carbocycles. The molecule has 2 aromatic carbocycles. The maximum atomic E-state index is 11.9. The van der Waals surface area contributed by atoms with Crippen molar-refractivity contribution in [3.05, 3.63) is 59.7 Å². The predicted molar refractivity (Wildman–Crippen MR) is 92.8 cm³/mol. The molecule has 3 N–H and O–H groups in total. The van der Waals surface area contributed by atoms with Gasteiger partial charge in [0.15, 0.2) is 0 Å². The molecule has 0 aliphatic rings. The summed E-state index contributed by atoms with van der Waals surface area (Å²) in [6.07, 6.45) is 3.70. The first-order valence-corrected chi connectivity index (χ1v) is 7.61. The Morgan fingerprint density at radius 3 is 2.78 bits per heavy atom. The molecule has 0 heterocycles. The Bertz CT molecular complexity index is 666. The van der Waals surface area contributed by atoms with Crippen molar-refractivity contribution in [2.75, 3.05) is 12.3 Å². The van der Waals surface area contributed by atoms with Crippen LogP contribution in [0.4, 0.5) is 5.69 Å². The molecule has 2 rings (SSSR count). The summed E-state index contributed by atoms with van der Waals surface area (Å²) >= 11 is 0. The normalized spacial score (nSPS) is 10.7. The van der Waals surface area contributed by atoms with E-state index in [0.29, 0.717) is 17.9 Å². The van der Waals surface area contributed by atoms with Crippen LogP contribution in [0.25, 0.3) is 0 Å². The van der Waals surface area contributed by atoms with Crippen molar-refractivity contribution in [2.24, 2.45) is 5.10 Å². The maximum absolute atomic E-state index is 11.9. The molecule has 1 amide bonds. The van der Waals surface area contributed by atoms with Gasteiger partial charge in [-0.05, 0) is 48.4 Å². The standard InChI is InChI=1S/C18H21N3O2/c1-2-3-11-23-17-6-4-5-14(12-17)13-20-21-18(22)15-7-9-16(19)10-8-15/h4-10,12-13H,2-3,11,19H2,1H3,(H,21,22)/b20-13-. The van der Waals surface area contributed by atoms with Crippen LogP contribution >= 0.6 is 0 Å². The molecule has 0 aromatic heterocycles. The zero-order valence-corrected chi connectivity index (χ0v) is 13.2. The van der Waals surface area contributed by atoms with Gasteiger partial charge in [0.05, 0.1) is 12.8 Å². The number of hydrogen-bond donors (Lipinski definition) is 2. The number of hydrazone groups is 1. The molecular weight excluding hydrogens is 290 g/mol.